The van der Waals surface area contributed by atoms with Crippen LogP contribution in [0.4, 0.5) is 4.39 Å². The highest BCUT2D eigenvalue weighted by Crippen LogP contribution is 2.29. The molecule has 1 amide bonds. The summed E-state index contributed by atoms with van der Waals surface area (Å²) in [5.74, 6) is 0.0863. The zero-order valence-corrected chi connectivity index (χ0v) is 17.4. The monoisotopic (exact) mass is 431 g/mol. The van der Waals surface area contributed by atoms with Crippen molar-refractivity contribution >= 4 is 29.1 Å². The SMILES string of the molecule is CC1CCN(C(=O)c2cc(-c3ccccc3F)nn2-c2ccc(Cl)c(Cl)c2)CC1. The molecule has 2 heterocycles. The first kappa shape index (κ1) is 19.9. The molecule has 3 aromatic rings. The third-order valence-corrected chi connectivity index (χ3v) is 6.04. The molecule has 4 rings (SSSR count). The molecule has 150 valence electrons. The minimum Gasteiger partial charge on any atom is -0.337 e. The number of carbonyl (C=O) groups is 1. The molecule has 0 aliphatic carbocycles. The van der Waals surface area contributed by atoms with Crippen molar-refractivity contribution in [1.82, 2.24) is 14.7 Å². The number of carbonyl (C=O) groups excluding carboxylic acids is 1. The normalized spacial score (nSPS) is 15.0. The summed E-state index contributed by atoms with van der Waals surface area (Å²) in [5.41, 5.74) is 1.70. The summed E-state index contributed by atoms with van der Waals surface area (Å²) in [4.78, 5) is 15.1. The van der Waals surface area contributed by atoms with Crippen LogP contribution in [0.25, 0.3) is 16.9 Å². The summed E-state index contributed by atoms with van der Waals surface area (Å²) in [7, 11) is 0. The van der Waals surface area contributed by atoms with E-state index in [9.17, 15) is 9.18 Å². The predicted molar refractivity (Wildman–Crippen MR) is 113 cm³/mol. The topological polar surface area (TPSA) is 38.1 Å². The number of benzene rings is 2. The second-order valence-electron chi connectivity index (χ2n) is 7.38. The smallest absolute Gasteiger partial charge is 0.272 e. The fraction of sp³-hybridized carbons (Fsp3) is 0.273. The fourth-order valence-electron chi connectivity index (χ4n) is 3.52. The Labute approximate surface area is 178 Å². The van der Waals surface area contributed by atoms with Gasteiger partial charge in [-0.15, -0.1) is 0 Å². The molecule has 0 atom stereocenters. The Balaban J connectivity index is 1.80. The van der Waals surface area contributed by atoms with E-state index in [0.29, 0.717) is 51.7 Å². The number of likely N-dealkylation sites (tertiary alicyclic amines) is 1. The molecule has 2 aromatic carbocycles. The highest BCUT2D eigenvalue weighted by molar-refractivity contribution is 6.42. The van der Waals surface area contributed by atoms with E-state index in [1.807, 2.05) is 4.90 Å². The zero-order valence-electron chi connectivity index (χ0n) is 15.9. The standard InChI is InChI=1S/C22H20Cl2FN3O/c1-14-8-10-27(11-9-14)22(29)21-13-20(16-4-2-3-5-19(16)25)26-28(21)15-6-7-17(23)18(24)12-15/h2-7,12-14H,8-11H2,1H3. The van der Waals surface area contributed by atoms with Crippen LogP contribution in [0.15, 0.2) is 48.5 Å². The molecule has 1 aliphatic rings. The first-order valence-corrected chi connectivity index (χ1v) is 10.3. The lowest BCUT2D eigenvalue weighted by molar-refractivity contribution is 0.0688. The molecular weight excluding hydrogens is 412 g/mol. The molecule has 1 aliphatic heterocycles. The molecule has 4 nitrogen and oxygen atoms in total. The fourth-order valence-corrected chi connectivity index (χ4v) is 3.81. The number of amides is 1. The van der Waals surface area contributed by atoms with E-state index >= 15 is 0 Å². The molecule has 1 saturated heterocycles. The quantitative estimate of drug-likeness (QED) is 0.520. The van der Waals surface area contributed by atoms with Crippen molar-refractivity contribution in [2.75, 3.05) is 13.1 Å². The summed E-state index contributed by atoms with van der Waals surface area (Å²) in [5, 5.41) is 5.31. The number of halogens is 3. The van der Waals surface area contributed by atoms with Crippen LogP contribution in [0.2, 0.25) is 10.0 Å². The van der Waals surface area contributed by atoms with Crippen molar-refractivity contribution in [3.05, 3.63) is 70.1 Å². The second kappa shape index (κ2) is 8.17. The predicted octanol–water partition coefficient (Wildman–Crippen LogP) is 5.86. The largest absolute Gasteiger partial charge is 0.337 e. The van der Waals surface area contributed by atoms with Crippen molar-refractivity contribution in [2.24, 2.45) is 5.92 Å². The van der Waals surface area contributed by atoms with Gasteiger partial charge in [0.2, 0.25) is 0 Å². The van der Waals surface area contributed by atoms with Gasteiger partial charge in [0.05, 0.1) is 21.4 Å². The molecular formula is C22H20Cl2FN3O. The zero-order chi connectivity index (χ0) is 20.5. The minimum absolute atomic E-state index is 0.127. The second-order valence-corrected chi connectivity index (χ2v) is 8.19. The summed E-state index contributed by atoms with van der Waals surface area (Å²) >= 11 is 12.2. The van der Waals surface area contributed by atoms with Gasteiger partial charge in [-0.05, 0) is 55.2 Å². The molecule has 0 N–H and O–H groups in total. The lowest BCUT2D eigenvalue weighted by atomic mass is 9.99. The van der Waals surface area contributed by atoms with Gasteiger partial charge in [-0.1, -0.05) is 42.3 Å². The average molecular weight is 432 g/mol. The molecule has 29 heavy (non-hydrogen) atoms. The van der Waals surface area contributed by atoms with Gasteiger partial charge in [0.25, 0.3) is 5.91 Å². The summed E-state index contributed by atoms with van der Waals surface area (Å²) in [6, 6.07) is 13.1. The maximum Gasteiger partial charge on any atom is 0.272 e. The third kappa shape index (κ3) is 4.02. The van der Waals surface area contributed by atoms with Crippen LogP contribution in [-0.4, -0.2) is 33.7 Å². The van der Waals surface area contributed by atoms with Gasteiger partial charge in [0.15, 0.2) is 0 Å². The number of aromatic nitrogens is 2. The molecule has 7 heteroatoms. The van der Waals surface area contributed by atoms with Gasteiger partial charge in [0.1, 0.15) is 11.5 Å². The van der Waals surface area contributed by atoms with E-state index < -0.39 is 5.82 Å². The van der Waals surface area contributed by atoms with Crippen molar-refractivity contribution in [1.29, 1.82) is 0 Å². The van der Waals surface area contributed by atoms with Gasteiger partial charge in [-0.2, -0.15) is 5.10 Å². The first-order chi connectivity index (χ1) is 13.9. The van der Waals surface area contributed by atoms with Crippen LogP contribution in [-0.2, 0) is 0 Å². The molecule has 0 bridgehead atoms. The van der Waals surface area contributed by atoms with Crippen molar-refractivity contribution in [2.45, 2.75) is 19.8 Å². The molecule has 0 spiro atoms. The number of hydrogen-bond donors (Lipinski definition) is 0. The van der Waals surface area contributed by atoms with E-state index in [0.717, 1.165) is 12.8 Å². The van der Waals surface area contributed by atoms with Crippen LogP contribution in [0.5, 0.6) is 0 Å². The Kier molecular flexibility index (Phi) is 5.61. The Hall–Kier alpha value is -2.37. The van der Waals surface area contributed by atoms with Gasteiger partial charge >= 0.3 is 0 Å². The lowest BCUT2D eigenvalue weighted by Gasteiger charge is -2.30. The van der Waals surface area contributed by atoms with Crippen molar-refractivity contribution in [3.63, 3.8) is 0 Å². The van der Waals surface area contributed by atoms with Crippen LogP contribution in [0.3, 0.4) is 0 Å². The number of piperidine rings is 1. The van der Waals surface area contributed by atoms with Gasteiger partial charge in [0, 0.05) is 18.7 Å². The Morgan fingerprint density at radius 1 is 1.07 bits per heavy atom. The van der Waals surface area contributed by atoms with Crippen molar-refractivity contribution in [3.8, 4) is 16.9 Å². The minimum atomic E-state index is -0.392. The van der Waals surface area contributed by atoms with E-state index in [1.165, 1.54) is 10.7 Å². The van der Waals surface area contributed by atoms with E-state index in [2.05, 4.69) is 12.0 Å². The maximum absolute atomic E-state index is 14.4. The van der Waals surface area contributed by atoms with Gasteiger partial charge in [-0.3, -0.25) is 4.79 Å². The molecule has 0 unspecified atom stereocenters. The van der Waals surface area contributed by atoms with Crippen LogP contribution < -0.4 is 0 Å². The highest BCUT2D eigenvalue weighted by Gasteiger charge is 2.26. The Bertz CT molecular complexity index is 1060. The van der Waals surface area contributed by atoms with Crippen LogP contribution >= 0.6 is 23.2 Å². The summed E-state index contributed by atoms with van der Waals surface area (Å²) < 4.78 is 15.9. The lowest BCUT2D eigenvalue weighted by Crippen LogP contribution is -2.38. The third-order valence-electron chi connectivity index (χ3n) is 5.30. The number of rotatable bonds is 3. The molecule has 0 radical (unpaired) electrons. The first-order valence-electron chi connectivity index (χ1n) is 9.53. The Morgan fingerprint density at radius 3 is 2.48 bits per heavy atom. The average Bonchev–Trinajstić information content (AvgIpc) is 3.15. The summed E-state index contributed by atoms with van der Waals surface area (Å²) in [6.45, 7) is 3.58. The molecule has 1 fully saturated rings. The van der Waals surface area contributed by atoms with E-state index in [4.69, 9.17) is 23.2 Å². The number of hydrogen-bond acceptors (Lipinski definition) is 2. The van der Waals surface area contributed by atoms with Crippen LogP contribution in [0, 0.1) is 11.7 Å². The van der Waals surface area contributed by atoms with Gasteiger partial charge in [-0.25, -0.2) is 9.07 Å². The molecule has 0 saturated carbocycles. The maximum atomic E-state index is 14.4. The molecule has 1 aromatic heterocycles. The van der Waals surface area contributed by atoms with Crippen LogP contribution in [0.1, 0.15) is 30.3 Å². The van der Waals surface area contributed by atoms with E-state index in [1.54, 1.807) is 42.5 Å². The Morgan fingerprint density at radius 2 is 1.79 bits per heavy atom. The van der Waals surface area contributed by atoms with E-state index in [-0.39, 0.29) is 5.91 Å². The number of nitrogens with zero attached hydrogens (tertiary/aromatic N) is 3. The van der Waals surface area contributed by atoms with Crippen molar-refractivity contribution < 1.29 is 9.18 Å². The summed E-state index contributed by atoms with van der Waals surface area (Å²) in [6.07, 6.45) is 1.93. The highest BCUT2D eigenvalue weighted by atomic mass is 35.5. The van der Waals surface area contributed by atoms with Gasteiger partial charge < -0.3 is 4.90 Å².